The van der Waals surface area contributed by atoms with Gasteiger partial charge in [0.15, 0.2) is 0 Å². The number of fused-ring (bicyclic) bond motifs is 1. The molecule has 1 atom stereocenters. The van der Waals surface area contributed by atoms with Gasteiger partial charge in [0, 0.05) is 24.6 Å². The van der Waals surface area contributed by atoms with Crippen LogP contribution in [0.5, 0.6) is 0 Å². The molecule has 0 aliphatic carbocycles. The maximum absolute atomic E-state index is 12.2. The van der Waals surface area contributed by atoms with Gasteiger partial charge in [0.25, 0.3) is 5.91 Å². The number of nitrogens with one attached hydrogen (secondary N) is 1. The third-order valence-electron chi connectivity index (χ3n) is 3.21. The summed E-state index contributed by atoms with van der Waals surface area (Å²) in [6, 6.07) is 7.58. The van der Waals surface area contributed by atoms with Gasteiger partial charge in [-0.05, 0) is 32.0 Å². The molecule has 0 fully saturated rings. The molecule has 108 valence electrons. The average Bonchev–Trinajstić information content (AvgIpc) is 3.04. The monoisotopic (exact) mass is 283 g/mol. The normalized spacial score (nSPS) is 12.5. The Morgan fingerprint density at radius 3 is 2.90 bits per heavy atom. The van der Waals surface area contributed by atoms with Gasteiger partial charge in [-0.2, -0.15) is 5.10 Å². The molecular formula is C15H17N5O. The zero-order valence-corrected chi connectivity index (χ0v) is 12.0. The molecule has 3 heterocycles. The Morgan fingerprint density at radius 1 is 1.33 bits per heavy atom. The maximum atomic E-state index is 12.2. The van der Waals surface area contributed by atoms with E-state index in [1.54, 1.807) is 6.20 Å². The fraction of sp³-hybridized carbons (Fsp3) is 0.267. The highest BCUT2D eigenvalue weighted by atomic mass is 16.2. The standard InChI is InChI=1S/C15H17N5O/c1-11-6-8-20(18-11)9-12(2)16-15(21)13-10-19-7-4-3-5-14(19)17-13/h3-8,10,12H,9H2,1-2H3,(H,16,21)/t12-/m1/s1. The molecule has 0 saturated carbocycles. The first-order valence-corrected chi connectivity index (χ1v) is 6.86. The van der Waals surface area contributed by atoms with E-state index in [4.69, 9.17) is 0 Å². The Balaban J connectivity index is 1.67. The number of carbonyl (C=O) groups is 1. The summed E-state index contributed by atoms with van der Waals surface area (Å²) in [5, 5.41) is 7.25. The molecule has 0 aliphatic heterocycles. The van der Waals surface area contributed by atoms with Crippen LogP contribution in [-0.4, -0.2) is 31.1 Å². The van der Waals surface area contributed by atoms with Crippen LogP contribution in [0.2, 0.25) is 0 Å². The van der Waals surface area contributed by atoms with Crippen LogP contribution >= 0.6 is 0 Å². The molecule has 3 rings (SSSR count). The molecule has 1 amide bonds. The van der Waals surface area contributed by atoms with Crippen molar-refractivity contribution in [3.8, 4) is 0 Å². The summed E-state index contributed by atoms with van der Waals surface area (Å²) < 4.78 is 3.65. The quantitative estimate of drug-likeness (QED) is 0.792. The highest BCUT2D eigenvalue weighted by Gasteiger charge is 2.13. The molecule has 21 heavy (non-hydrogen) atoms. The van der Waals surface area contributed by atoms with Crippen molar-refractivity contribution in [2.75, 3.05) is 0 Å². The lowest BCUT2D eigenvalue weighted by atomic mass is 10.3. The molecule has 6 heteroatoms. The van der Waals surface area contributed by atoms with Crippen molar-refractivity contribution in [2.24, 2.45) is 0 Å². The summed E-state index contributed by atoms with van der Waals surface area (Å²) >= 11 is 0. The fourth-order valence-electron chi connectivity index (χ4n) is 2.23. The number of hydrogen-bond acceptors (Lipinski definition) is 3. The highest BCUT2D eigenvalue weighted by molar-refractivity contribution is 5.93. The SMILES string of the molecule is Cc1ccn(C[C@@H](C)NC(=O)c2cn3ccccc3n2)n1. The Hall–Kier alpha value is -2.63. The van der Waals surface area contributed by atoms with E-state index < -0.39 is 0 Å². The fourth-order valence-corrected chi connectivity index (χ4v) is 2.23. The van der Waals surface area contributed by atoms with Crippen LogP contribution in [0.15, 0.2) is 42.9 Å². The molecule has 0 saturated heterocycles. The van der Waals surface area contributed by atoms with E-state index in [0.717, 1.165) is 11.3 Å². The zero-order chi connectivity index (χ0) is 14.8. The number of rotatable bonds is 4. The molecule has 3 aromatic heterocycles. The summed E-state index contributed by atoms with van der Waals surface area (Å²) in [4.78, 5) is 16.5. The van der Waals surface area contributed by atoms with Crippen LogP contribution in [-0.2, 0) is 6.54 Å². The van der Waals surface area contributed by atoms with Crippen molar-refractivity contribution < 1.29 is 4.79 Å². The second kappa shape index (κ2) is 5.40. The molecule has 3 aromatic rings. The number of aromatic nitrogens is 4. The Labute approximate surface area is 122 Å². The van der Waals surface area contributed by atoms with Gasteiger partial charge >= 0.3 is 0 Å². The third kappa shape index (κ3) is 2.94. The van der Waals surface area contributed by atoms with Crippen molar-refractivity contribution in [3.63, 3.8) is 0 Å². The highest BCUT2D eigenvalue weighted by Crippen LogP contribution is 2.05. The molecule has 0 radical (unpaired) electrons. The van der Waals surface area contributed by atoms with E-state index in [2.05, 4.69) is 15.4 Å². The minimum absolute atomic E-state index is 0.0263. The topological polar surface area (TPSA) is 64.2 Å². The van der Waals surface area contributed by atoms with Crippen LogP contribution in [0.3, 0.4) is 0 Å². The number of aryl methyl sites for hydroxylation is 1. The first kappa shape index (κ1) is 13.4. The number of imidazole rings is 1. The van der Waals surface area contributed by atoms with Gasteiger partial charge in [-0.15, -0.1) is 0 Å². The van der Waals surface area contributed by atoms with Crippen LogP contribution in [0.1, 0.15) is 23.1 Å². The summed E-state index contributed by atoms with van der Waals surface area (Å²) in [5.74, 6) is -0.171. The number of nitrogens with zero attached hydrogens (tertiary/aromatic N) is 4. The van der Waals surface area contributed by atoms with Crippen molar-refractivity contribution in [1.82, 2.24) is 24.5 Å². The summed E-state index contributed by atoms with van der Waals surface area (Å²) in [7, 11) is 0. The van der Waals surface area contributed by atoms with Crippen molar-refractivity contribution in [2.45, 2.75) is 26.4 Å². The molecule has 0 bridgehead atoms. The van der Waals surface area contributed by atoms with Gasteiger partial charge in [0.2, 0.25) is 0 Å². The van der Waals surface area contributed by atoms with Crippen molar-refractivity contribution >= 4 is 11.6 Å². The summed E-state index contributed by atoms with van der Waals surface area (Å²) in [5.41, 5.74) is 2.15. The van der Waals surface area contributed by atoms with E-state index in [1.165, 1.54) is 0 Å². The number of hydrogen-bond donors (Lipinski definition) is 1. The predicted molar refractivity (Wildman–Crippen MR) is 79.1 cm³/mol. The third-order valence-corrected chi connectivity index (χ3v) is 3.21. The Kier molecular flexibility index (Phi) is 3.43. The first-order chi connectivity index (χ1) is 10.1. The lowest BCUT2D eigenvalue weighted by Crippen LogP contribution is -2.36. The minimum atomic E-state index is -0.171. The molecule has 0 aromatic carbocycles. The van der Waals surface area contributed by atoms with Crippen molar-refractivity contribution in [1.29, 1.82) is 0 Å². The Bertz CT molecular complexity index is 740. The van der Waals surface area contributed by atoms with Gasteiger partial charge in [0.05, 0.1) is 12.2 Å². The van der Waals surface area contributed by atoms with E-state index in [-0.39, 0.29) is 11.9 Å². The van der Waals surface area contributed by atoms with E-state index in [0.29, 0.717) is 12.2 Å². The van der Waals surface area contributed by atoms with Crippen molar-refractivity contribution in [3.05, 3.63) is 54.2 Å². The molecule has 0 aliphatic rings. The number of pyridine rings is 1. The number of carbonyl (C=O) groups excluding carboxylic acids is 1. The van der Waals surface area contributed by atoms with E-state index >= 15 is 0 Å². The Morgan fingerprint density at radius 2 is 2.19 bits per heavy atom. The zero-order valence-electron chi connectivity index (χ0n) is 12.0. The van der Waals surface area contributed by atoms with Gasteiger partial charge in [-0.1, -0.05) is 6.07 Å². The van der Waals surface area contributed by atoms with Gasteiger partial charge in [-0.25, -0.2) is 4.98 Å². The maximum Gasteiger partial charge on any atom is 0.271 e. The smallest absolute Gasteiger partial charge is 0.271 e. The predicted octanol–water partition coefficient (Wildman–Crippen LogP) is 1.66. The minimum Gasteiger partial charge on any atom is -0.346 e. The van der Waals surface area contributed by atoms with Gasteiger partial charge in [-0.3, -0.25) is 9.48 Å². The molecule has 0 spiro atoms. The largest absolute Gasteiger partial charge is 0.346 e. The van der Waals surface area contributed by atoms with Crippen LogP contribution < -0.4 is 5.32 Å². The molecule has 1 N–H and O–H groups in total. The molecular weight excluding hydrogens is 266 g/mol. The van der Waals surface area contributed by atoms with E-state index in [1.807, 2.05) is 59.6 Å². The first-order valence-electron chi connectivity index (χ1n) is 6.86. The van der Waals surface area contributed by atoms with E-state index in [9.17, 15) is 4.79 Å². The second-order valence-electron chi connectivity index (χ2n) is 5.15. The molecule has 0 unspecified atom stereocenters. The number of amides is 1. The van der Waals surface area contributed by atoms with Crippen LogP contribution in [0.4, 0.5) is 0 Å². The van der Waals surface area contributed by atoms with Gasteiger partial charge < -0.3 is 9.72 Å². The van der Waals surface area contributed by atoms with Gasteiger partial charge in [0.1, 0.15) is 11.3 Å². The van der Waals surface area contributed by atoms with Crippen LogP contribution in [0.25, 0.3) is 5.65 Å². The second-order valence-corrected chi connectivity index (χ2v) is 5.15. The van der Waals surface area contributed by atoms with Crippen LogP contribution in [0, 0.1) is 6.92 Å². The average molecular weight is 283 g/mol. The summed E-state index contributed by atoms with van der Waals surface area (Å²) in [6.45, 7) is 4.52. The lowest BCUT2D eigenvalue weighted by Gasteiger charge is -2.12. The lowest BCUT2D eigenvalue weighted by molar-refractivity contribution is 0.0931. The molecule has 6 nitrogen and oxygen atoms in total. The summed E-state index contributed by atoms with van der Waals surface area (Å²) in [6.07, 6.45) is 5.51.